The Hall–Kier alpha value is -1.75. The Morgan fingerprint density at radius 3 is 2.46 bits per heavy atom. The second-order valence-corrected chi connectivity index (χ2v) is 11.5. The van der Waals surface area contributed by atoms with Gasteiger partial charge in [-0.05, 0) is 51.2 Å². The number of aliphatic hydroxyl groups is 1. The third-order valence-corrected chi connectivity index (χ3v) is 9.76. The van der Waals surface area contributed by atoms with Crippen molar-refractivity contribution < 1.29 is 29.8 Å². The van der Waals surface area contributed by atoms with E-state index in [1.54, 1.807) is 19.2 Å². The molecule has 2 heterocycles. The van der Waals surface area contributed by atoms with Crippen LogP contribution in [-0.2, 0) is 14.3 Å². The number of fused-ring (bicyclic) bond motifs is 2. The van der Waals surface area contributed by atoms with Gasteiger partial charge < -0.3 is 24.7 Å². The predicted octanol–water partition coefficient (Wildman–Crippen LogP) is 1.49. The van der Waals surface area contributed by atoms with Crippen molar-refractivity contribution in [2.45, 2.75) is 63.3 Å². The number of methoxy groups -OCH3 is 1. The molecule has 35 heavy (non-hydrogen) atoms. The highest BCUT2D eigenvalue weighted by atomic mass is 16.8. The highest BCUT2D eigenvalue weighted by molar-refractivity contribution is 5.75. The fourth-order valence-corrected chi connectivity index (χ4v) is 7.37. The molecular formula is C26H39N3O6. The molecule has 4 aliphatic rings. The van der Waals surface area contributed by atoms with Crippen molar-refractivity contribution in [3.05, 3.63) is 29.5 Å². The van der Waals surface area contributed by atoms with Crippen LogP contribution in [-0.4, -0.2) is 78.3 Å². The molecule has 0 bridgehead atoms. The van der Waals surface area contributed by atoms with E-state index in [0.29, 0.717) is 19.4 Å². The first-order valence-electron chi connectivity index (χ1n) is 12.9. The number of benzene rings is 1. The van der Waals surface area contributed by atoms with Gasteiger partial charge in [0.25, 0.3) is 0 Å². The number of quaternary nitrogens is 1. The number of hydrogen-bond donors (Lipinski definition) is 3. The molecule has 1 unspecified atom stereocenters. The first-order chi connectivity index (χ1) is 16.6. The maximum Gasteiger partial charge on any atom is 0.310 e. The van der Waals surface area contributed by atoms with E-state index in [1.807, 2.05) is 19.1 Å². The van der Waals surface area contributed by atoms with Crippen LogP contribution in [0.1, 0.15) is 46.0 Å². The molecule has 2 saturated heterocycles. The van der Waals surface area contributed by atoms with E-state index in [0.717, 1.165) is 51.1 Å². The summed E-state index contributed by atoms with van der Waals surface area (Å²) in [6.45, 7) is 8.07. The summed E-state index contributed by atoms with van der Waals surface area (Å²) in [5.41, 5.74) is -0.632. The average Bonchev–Trinajstić information content (AvgIpc) is 3.12. The molecule has 0 amide bonds. The molecule has 1 aromatic rings. The van der Waals surface area contributed by atoms with E-state index in [-0.39, 0.29) is 35.0 Å². The Balaban J connectivity index is 1.25. The Morgan fingerprint density at radius 2 is 1.83 bits per heavy atom. The number of anilines is 1. The van der Waals surface area contributed by atoms with Crippen molar-refractivity contribution in [3.8, 4) is 0 Å². The minimum absolute atomic E-state index is 0.00487. The largest absolute Gasteiger partial charge is 0.595 e. The number of hydrogen-bond acceptors (Lipinski definition) is 8. The van der Waals surface area contributed by atoms with E-state index in [4.69, 9.17) is 14.7 Å². The van der Waals surface area contributed by atoms with Gasteiger partial charge in [-0.15, -0.1) is 0 Å². The van der Waals surface area contributed by atoms with Gasteiger partial charge in [0.2, 0.25) is 0 Å². The van der Waals surface area contributed by atoms with Gasteiger partial charge in [0.05, 0.1) is 17.1 Å². The predicted molar refractivity (Wildman–Crippen MR) is 129 cm³/mol. The molecule has 194 valence electrons. The van der Waals surface area contributed by atoms with Crippen LogP contribution in [0.25, 0.3) is 0 Å². The van der Waals surface area contributed by atoms with E-state index < -0.39 is 16.4 Å². The van der Waals surface area contributed by atoms with Gasteiger partial charge in [0.1, 0.15) is 6.10 Å². The van der Waals surface area contributed by atoms with Gasteiger partial charge in [-0.3, -0.25) is 9.69 Å². The van der Waals surface area contributed by atoms with E-state index in [9.17, 15) is 15.1 Å². The van der Waals surface area contributed by atoms with Gasteiger partial charge in [-0.2, -0.15) is 5.23 Å². The number of carbonyl (C=O) groups is 1. The lowest BCUT2D eigenvalue weighted by molar-refractivity contribution is -0.991. The molecule has 2 aliphatic heterocycles. The molecular weight excluding hydrogens is 450 g/mol. The molecule has 7 atom stereocenters. The molecule has 0 aromatic heterocycles. The van der Waals surface area contributed by atoms with Gasteiger partial charge in [0, 0.05) is 69.0 Å². The monoisotopic (exact) mass is 489 g/mol. The fraction of sp³-hybridized carbons (Fsp3) is 0.731. The molecule has 0 spiro atoms. The summed E-state index contributed by atoms with van der Waals surface area (Å²) in [5, 5.41) is 31.4. The topological polar surface area (TPSA) is 110 Å². The highest BCUT2D eigenvalue weighted by Crippen LogP contribution is 2.61. The zero-order valence-corrected chi connectivity index (χ0v) is 21.0. The Morgan fingerprint density at radius 1 is 1.14 bits per heavy atom. The van der Waals surface area contributed by atoms with Crippen LogP contribution < -0.4 is 10.1 Å². The normalized spacial score (nSPS) is 40.7. The molecule has 1 aromatic carbocycles. The number of nitrogens with zero attached hydrogens (tertiary/aromatic N) is 2. The SMILES string of the molecule is CO[C@]1(C)CCC[C@]2(C)C[C@H]3OC(=O)[C@H](CN4CCN(c5ccc([NH+]([O-])O)cc5)CC4)[C@@H]3C[C@@]21O. The van der Waals surface area contributed by atoms with Crippen LogP contribution in [0.4, 0.5) is 11.4 Å². The number of esters is 1. The van der Waals surface area contributed by atoms with Crippen molar-refractivity contribution in [2.75, 3.05) is 44.7 Å². The van der Waals surface area contributed by atoms with Gasteiger partial charge in [0.15, 0.2) is 5.69 Å². The maximum absolute atomic E-state index is 13.0. The van der Waals surface area contributed by atoms with Gasteiger partial charge >= 0.3 is 5.97 Å². The van der Waals surface area contributed by atoms with Crippen molar-refractivity contribution in [2.24, 2.45) is 17.3 Å². The summed E-state index contributed by atoms with van der Waals surface area (Å²) in [6, 6.07) is 6.99. The number of rotatable bonds is 5. The van der Waals surface area contributed by atoms with E-state index >= 15 is 0 Å². The number of piperazine rings is 1. The van der Waals surface area contributed by atoms with E-state index in [1.165, 1.54) is 0 Å². The molecule has 5 rings (SSSR count). The zero-order valence-electron chi connectivity index (χ0n) is 21.0. The fourth-order valence-electron chi connectivity index (χ4n) is 7.37. The second kappa shape index (κ2) is 8.97. The Kier molecular flexibility index (Phi) is 6.39. The minimum Gasteiger partial charge on any atom is -0.595 e. The first-order valence-corrected chi connectivity index (χ1v) is 12.9. The highest BCUT2D eigenvalue weighted by Gasteiger charge is 2.67. The quantitative estimate of drug-likeness (QED) is 0.422. The molecule has 4 fully saturated rings. The van der Waals surface area contributed by atoms with Crippen LogP contribution in [0.3, 0.4) is 0 Å². The van der Waals surface area contributed by atoms with Crippen LogP contribution in [0.15, 0.2) is 24.3 Å². The average molecular weight is 490 g/mol. The van der Waals surface area contributed by atoms with E-state index in [2.05, 4.69) is 16.7 Å². The van der Waals surface area contributed by atoms with Gasteiger partial charge in [-0.1, -0.05) is 6.92 Å². The van der Waals surface area contributed by atoms with Crippen LogP contribution in [0.5, 0.6) is 0 Å². The summed E-state index contributed by atoms with van der Waals surface area (Å²) in [4.78, 5) is 17.6. The van der Waals surface area contributed by atoms with Crippen molar-refractivity contribution >= 4 is 17.3 Å². The minimum atomic E-state index is -0.985. The summed E-state index contributed by atoms with van der Waals surface area (Å²) in [5.74, 6) is -0.371. The zero-order chi connectivity index (χ0) is 25.0. The Labute approximate surface area is 207 Å². The molecule has 2 aliphatic carbocycles. The summed E-state index contributed by atoms with van der Waals surface area (Å²) in [6.07, 6.45) is 3.83. The van der Waals surface area contributed by atoms with Crippen LogP contribution in [0.2, 0.25) is 0 Å². The molecule has 9 nitrogen and oxygen atoms in total. The van der Waals surface area contributed by atoms with Crippen LogP contribution >= 0.6 is 0 Å². The lowest BCUT2D eigenvalue weighted by Crippen LogP contribution is -2.99. The van der Waals surface area contributed by atoms with Crippen molar-refractivity contribution in [3.63, 3.8) is 0 Å². The first kappa shape index (κ1) is 24.9. The third-order valence-electron chi connectivity index (χ3n) is 9.76. The molecule has 9 heteroatoms. The second-order valence-electron chi connectivity index (χ2n) is 11.5. The molecule has 2 saturated carbocycles. The van der Waals surface area contributed by atoms with Gasteiger partial charge in [-0.25, -0.2) is 5.21 Å². The Bertz CT molecular complexity index is 936. The molecule has 0 radical (unpaired) electrons. The number of ether oxygens (including phenoxy) is 2. The summed E-state index contributed by atoms with van der Waals surface area (Å²) >= 11 is 0. The molecule has 3 N–H and O–H groups in total. The summed E-state index contributed by atoms with van der Waals surface area (Å²) in [7, 11) is 1.69. The maximum atomic E-state index is 13.0. The number of carbonyl (C=O) groups excluding carboxylic acids is 1. The van der Waals surface area contributed by atoms with Crippen molar-refractivity contribution in [1.29, 1.82) is 0 Å². The van der Waals surface area contributed by atoms with Crippen molar-refractivity contribution in [1.82, 2.24) is 4.90 Å². The summed E-state index contributed by atoms with van der Waals surface area (Å²) < 4.78 is 11.9. The standard InChI is InChI=1S/C26H39N3O6/c1-24-9-4-10-25(2,34-3)26(24,31)15-20-21(23(30)35-22(20)16-24)17-27-11-13-28(14-12-27)18-5-7-19(8-6-18)29(32)33/h5-8,20-22,29,31-32H,4,9-17H2,1-3H3/t20-,21+,22+,24+,25+,26+/m0/s1. The van der Waals surface area contributed by atoms with Crippen LogP contribution in [0, 0.1) is 22.5 Å². The lowest BCUT2D eigenvalue weighted by Gasteiger charge is -2.62. The number of nitrogens with one attached hydrogen (secondary N) is 1. The smallest absolute Gasteiger partial charge is 0.310 e. The third kappa shape index (κ3) is 4.06. The lowest BCUT2D eigenvalue weighted by atomic mass is 9.49.